The van der Waals surface area contributed by atoms with Crippen LogP contribution < -0.4 is 10.5 Å². The van der Waals surface area contributed by atoms with Gasteiger partial charge in [-0.1, -0.05) is 19.1 Å². The highest BCUT2D eigenvalue weighted by Crippen LogP contribution is 2.21. The molecule has 1 atom stereocenters. The summed E-state index contributed by atoms with van der Waals surface area (Å²) in [6.07, 6.45) is 0.866. The van der Waals surface area contributed by atoms with Gasteiger partial charge in [-0.15, -0.1) is 0 Å². The Labute approximate surface area is 114 Å². The van der Waals surface area contributed by atoms with Crippen LogP contribution >= 0.6 is 0 Å². The fourth-order valence-electron chi connectivity index (χ4n) is 1.92. The van der Waals surface area contributed by atoms with Crippen molar-refractivity contribution in [1.82, 2.24) is 4.90 Å². The Kier molecular flexibility index (Phi) is 5.79. The normalized spacial score (nSPS) is 12.1. The Morgan fingerprint density at radius 1 is 1.53 bits per heavy atom. The van der Waals surface area contributed by atoms with Gasteiger partial charge in [-0.2, -0.15) is 0 Å². The SMILES string of the molecule is CCc1cc(CN(C)C(=O)C(N)CO)ccc1OC. The molecule has 0 bridgehead atoms. The van der Waals surface area contributed by atoms with Gasteiger partial charge in [-0.05, 0) is 23.6 Å². The first-order valence-electron chi connectivity index (χ1n) is 6.30. The molecule has 5 nitrogen and oxygen atoms in total. The van der Waals surface area contributed by atoms with E-state index in [0.717, 1.165) is 23.3 Å². The van der Waals surface area contributed by atoms with Crippen LogP contribution in [-0.4, -0.2) is 42.7 Å². The molecular formula is C14H22N2O3. The van der Waals surface area contributed by atoms with Crippen LogP contribution in [0.5, 0.6) is 5.75 Å². The lowest BCUT2D eigenvalue weighted by atomic mass is 10.1. The number of nitrogens with two attached hydrogens (primary N) is 1. The van der Waals surface area contributed by atoms with E-state index in [-0.39, 0.29) is 12.5 Å². The minimum atomic E-state index is -0.853. The van der Waals surface area contributed by atoms with E-state index in [9.17, 15) is 4.79 Å². The Morgan fingerprint density at radius 3 is 2.74 bits per heavy atom. The standard InChI is InChI=1S/C14H22N2O3/c1-4-11-7-10(5-6-13(11)19-3)8-16(2)14(18)12(15)9-17/h5-7,12,17H,4,8-9,15H2,1-3H3. The summed E-state index contributed by atoms with van der Waals surface area (Å²) in [5, 5.41) is 8.88. The first kappa shape index (κ1) is 15.5. The van der Waals surface area contributed by atoms with Gasteiger partial charge in [0.05, 0.1) is 13.7 Å². The molecule has 0 fully saturated rings. The molecule has 1 rings (SSSR count). The molecule has 0 heterocycles. The molecular weight excluding hydrogens is 244 g/mol. The first-order valence-corrected chi connectivity index (χ1v) is 6.30. The molecule has 0 aliphatic rings. The summed E-state index contributed by atoms with van der Waals surface area (Å²) in [5.41, 5.74) is 7.63. The summed E-state index contributed by atoms with van der Waals surface area (Å²) >= 11 is 0. The zero-order valence-electron chi connectivity index (χ0n) is 11.7. The van der Waals surface area contributed by atoms with E-state index in [4.69, 9.17) is 15.6 Å². The van der Waals surface area contributed by atoms with E-state index < -0.39 is 6.04 Å². The van der Waals surface area contributed by atoms with Gasteiger partial charge < -0.3 is 20.5 Å². The van der Waals surface area contributed by atoms with Crippen LogP contribution in [-0.2, 0) is 17.8 Å². The number of amides is 1. The van der Waals surface area contributed by atoms with Crippen LogP contribution in [0.3, 0.4) is 0 Å². The van der Waals surface area contributed by atoms with Gasteiger partial charge in [0.1, 0.15) is 11.8 Å². The quantitative estimate of drug-likeness (QED) is 0.788. The number of nitrogens with zero attached hydrogens (tertiary/aromatic N) is 1. The third kappa shape index (κ3) is 3.94. The molecule has 5 heteroatoms. The summed E-state index contributed by atoms with van der Waals surface area (Å²) in [6.45, 7) is 2.17. The monoisotopic (exact) mass is 266 g/mol. The molecule has 0 saturated carbocycles. The zero-order valence-corrected chi connectivity index (χ0v) is 11.7. The van der Waals surface area contributed by atoms with Crippen molar-refractivity contribution in [3.8, 4) is 5.75 Å². The molecule has 1 amide bonds. The van der Waals surface area contributed by atoms with Crippen molar-refractivity contribution in [2.24, 2.45) is 5.73 Å². The molecule has 0 aliphatic heterocycles. The second kappa shape index (κ2) is 7.11. The van der Waals surface area contributed by atoms with E-state index in [2.05, 4.69) is 6.92 Å². The Hall–Kier alpha value is -1.59. The lowest BCUT2D eigenvalue weighted by Gasteiger charge is -2.21. The van der Waals surface area contributed by atoms with E-state index in [0.29, 0.717) is 6.54 Å². The van der Waals surface area contributed by atoms with E-state index in [1.165, 1.54) is 4.90 Å². The van der Waals surface area contributed by atoms with Gasteiger partial charge in [-0.3, -0.25) is 4.79 Å². The van der Waals surface area contributed by atoms with Gasteiger partial charge >= 0.3 is 0 Å². The Morgan fingerprint density at radius 2 is 2.21 bits per heavy atom. The molecule has 1 aromatic carbocycles. The average molecular weight is 266 g/mol. The molecule has 106 valence electrons. The Bertz CT molecular complexity index is 435. The highest BCUT2D eigenvalue weighted by Gasteiger charge is 2.17. The summed E-state index contributed by atoms with van der Waals surface area (Å²) in [5.74, 6) is 0.587. The number of carbonyl (C=O) groups is 1. The molecule has 0 radical (unpaired) electrons. The maximum Gasteiger partial charge on any atom is 0.241 e. The minimum absolute atomic E-state index is 0.267. The molecule has 0 spiro atoms. The third-order valence-corrected chi connectivity index (χ3v) is 3.04. The molecule has 0 aromatic heterocycles. The number of aliphatic hydroxyl groups excluding tert-OH is 1. The van der Waals surface area contributed by atoms with Crippen LogP contribution in [0.15, 0.2) is 18.2 Å². The molecule has 3 N–H and O–H groups in total. The van der Waals surface area contributed by atoms with Gasteiger partial charge in [0, 0.05) is 13.6 Å². The van der Waals surface area contributed by atoms with E-state index >= 15 is 0 Å². The topological polar surface area (TPSA) is 75.8 Å². The van der Waals surface area contributed by atoms with Crippen molar-refractivity contribution in [3.05, 3.63) is 29.3 Å². The van der Waals surface area contributed by atoms with Crippen LogP contribution in [0.25, 0.3) is 0 Å². The second-order valence-corrected chi connectivity index (χ2v) is 4.48. The summed E-state index contributed by atoms with van der Waals surface area (Å²) in [7, 11) is 3.32. The number of aryl methyl sites for hydroxylation is 1. The number of methoxy groups -OCH3 is 1. The van der Waals surface area contributed by atoms with Crippen molar-refractivity contribution < 1.29 is 14.6 Å². The number of hydrogen-bond donors (Lipinski definition) is 2. The van der Waals surface area contributed by atoms with Gasteiger partial charge in [0.25, 0.3) is 0 Å². The molecule has 0 saturated heterocycles. The number of likely N-dealkylation sites (N-methyl/N-ethyl adjacent to an activating group) is 1. The third-order valence-electron chi connectivity index (χ3n) is 3.04. The maximum atomic E-state index is 11.8. The van der Waals surface area contributed by atoms with Crippen molar-refractivity contribution in [2.75, 3.05) is 20.8 Å². The van der Waals surface area contributed by atoms with Gasteiger partial charge in [0.2, 0.25) is 5.91 Å². The number of carbonyl (C=O) groups excluding carboxylic acids is 1. The fraction of sp³-hybridized carbons (Fsp3) is 0.500. The predicted molar refractivity (Wildman–Crippen MR) is 73.9 cm³/mol. The summed E-state index contributed by atoms with van der Waals surface area (Å²) in [6, 6.07) is 4.99. The lowest BCUT2D eigenvalue weighted by molar-refractivity contribution is -0.132. The van der Waals surface area contributed by atoms with Crippen molar-refractivity contribution in [1.29, 1.82) is 0 Å². The zero-order chi connectivity index (χ0) is 14.4. The van der Waals surface area contributed by atoms with Gasteiger partial charge in [-0.25, -0.2) is 0 Å². The van der Waals surface area contributed by atoms with Crippen molar-refractivity contribution >= 4 is 5.91 Å². The molecule has 19 heavy (non-hydrogen) atoms. The molecule has 1 unspecified atom stereocenters. The largest absolute Gasteiger partial charge is 0.496 e. The fourth-order valence-corrected chi connectivity index (χ4v) is 1.92. The van der Waals surface area contributed by atoms with Crippen LogP contribution in [0.4, 0.5) is 0 Å². The lowest BCUT2D eigenvalue weighted by Crippen LogP contribution is -2.43. The predicted octanol–water partition coefficient (Wildman–Crippen LogP) is 0.536. The number of hydrogen-bond acceptors (Lipinski definition) is 4. The number of aliphatic hydroxyl groups is 1. The summed E-state index contributed by atoms with van der Waals surface area (Å²) in [4.78, 5) is 13.3. The van der Waals surface area contributed by atoms with E-state index in [1.807, 2.05) is 18.2 Å². The second-order valence-electron chi connectivity index (χ2n) is 4.48. The number of benzene rings is 1. The first-order chi connectivity index (χ1) is 9.03. The molecule has 0 aliphatic carbocycles. The average Bonchev–Trinajstić information content (AvgIpc) is 2.45. The van der Waals surface area contributed by atoms with Crippen LogP contribution in [0.1, 0.15) is 18.1 Å². The van der Waals surface area contributed by atoms with Crippen LogP contribution in [0, 0.1) is 0 Å². The van der Waals surface area contributed by atoms with Crippen LogP contribution in [0.2, 0.25) is 0 Å². The smallest absolute Gasteiger partial charge is 0.241 e. The highest BCUT2D eigenvalue weighted by molar-refractivity contribution is 5.81. The van der Waals surface area contributed by atoms with Gasteiger partial charge in [0.15, 0.2) is 0 Å². The molecule has 1 aromatic rings. The Balaban J connectivity index is 2.79. The summed E-state index contributed by atoms with van der Waals surface area (Å²) < 4.78 is 5.27. The number of rotatable bonds is 6. The van der Waals surface area contributed by atoms with Crippen molar-refractivity contribution in [2.45, 2.75) is 25.9 Å². The van der Waals surface area contributed by atoms with Crippen molar-refractivity contribution in [3.63, 3.8) is 0 Å². The maximum absolute atomic E-state index is 11.8. The minimum Gasteiger partial charge on any atom is -0.496 e. The number of ether oxygens (including phenoxy) is 1. The highest BCUT2D eigenvalue weighted by atomic mass is 16.5. The van der Waals surface area contributed by atoms with E-state index in [1.54, 1.807) is 14.2 Å².